The van der Waals surface area contributed by atoms with Crippen molar-refractivity contribution < 1.29 is 9.47 Å². The molecule has 1 aromatic carbocycles. The zero-order valence-corrected chi connectivity index (χ0v) is 14.0. The maximum absolute atomic E-state index is 5.71. The highest BCUT2D eigenvalue weighted by Gasteiger charge is 2.20. The second-order valence-corrected chi connectivity index (χ2v) is 5.16. The quantitative estimate of drug-likeness (QED) is 0.660. The molecule has 0 saturated carbocycles. The van der Waals surface area contributed by atoms with Gasteiger partial charge in [-0.15, -0.1) is 5.10 Å². The van der Waals surface area contributed by atoms with Crippen molar-refractivity contribution in [1.82, 2.24) is 29.5 Å². The van der Waals surface area contributed by atoms with Gasteiger partial charge in [0.25, 0.3) is 0 Å². The van der Waals surface area contributed by atoms with Crippen molar-refractivity contribution in [1.29, 1.82) is 0 Å². The summed E-state index contributed by atoms with van der Waals surface area (Å²) >= 11 is 0. The van der Waals surface area contributed by atoms with Gasteiger partial charge in [0.1, 0.15) is 36.7 Å². The molecule has 0 saturated heterocycles. The van der Waals surface area contributed by atoms with E-state index in [1.165, 1.54) is 6.33 Å². The van der Waals surface area contributed by atoms with E-state index in [1.807, 2.05) is 38.1 Å². The molecule has 2 aromatic heterocycles. The van der Waals surface area contributed by atoms with E-state index in [0.717, 1.165) is 17.3 Å². The summed E-state index contributed by atoms with van der Waals surface area (Å²) in [5.74, 6) is 2.07. The molecule has 8 heteroatoms. The molecular weight excluding hydrogens is 308 g/mol. The Kier molecular flexibility index (Phi) is 4.85. The number of aromatic nitrogens is 6. The van der Waals surface area contributed by atoms with Crippen molar-refractivity contribution in [3.63, 3.8) is 0 Å². The Bertz CT molecular complexity index is 784. The van der Waals surface area contributed by atoms with Crippen molar-refractivity contribution in [3.8, 4) is 11.4 Å². The topological polar surface area (TPSA) is 79.9 Å². The summed E-state index contributed by atoms with van der Waals surface area (Å²) in [5, 5.41) is 8.72. The summed E-state index contributed by atoms with van der Waals surface area (Å²) in [6.45, 7) is 4.95. The summed E-state index contributed by atoms with van der Waals surface area (Å²) < 4.78 is 14.6. The molecule has 8 nitrogen and oxygen atoms in total. The van der Waals surface area contributed by atoms with E-state index in [1.54, 1.807) is 22.8 Å². The third-order valence-corrected chi connectivity index (χ3v) is 3.54. The summed E-state index contributed by atoms with van der Waals surface area (Å²) in [5.41, 5.74) is 0.818. The normalized spacial score (nSPS) is 12.3. The minimum atomic E-state index is -0.197. The second kappa shape index (κ2) is 7.22. The van der Waals surface area contributed by atoms with Gasteiger partial charge in [0.2, 0.25) is 0 Å². The molecule has 0 spiro atoms. The smallest absolute Gasteiger partial charge is 0.172 e. The van der Waals surface area contributed by atoms with Crippen LogP contribution in [0.15, 0.2) is 36.9 Å². The van der Waals surface area contributed by atoms with Gasteiger partial charge in [-0.05, 0) is 26.0 Å². The molecule has 0 amide bonds. The molecule has 3 rings (SSSR count). The number of hydrogen-bond acceptors (Lipinski definition) is 6. The molecule has 0 aliphatic carbocycles. The van der Waals surface area contributed by atoms with Gasteiger partial charge in [-0.3, -0.25) is 0 Å². The summed E-state index contributed by atoms with van der Waals surface area (Å²) in [6, 6.07) is 7.69. The molecule has 0 fully saturated rings. The lowest BCUT2D eigenvalue weighted by Gasteiger charge is -2.14. The minimum Gasteiger partial charge on any atom is -0.494 e. The van der Waals surface area contributed by atoms with Crippen LogP contribution in [0.3, 0.4) is 0 Å². The molecule has 0 aliphatic rings. The van der Waals surface area contributed by atoms with E-state index < -0.39 is 0 Å². The Hall–Kier alpha value is -2.74. The van der Waals surface area contributed by atoms with Crippen LogP contribution in [0.5, 0.6) is 5.75 Å². The van der Waals surface area contributed by atoms with Crippen molar-refractivity contribution in [2.24, 2.45) is 0 Å². The summed E-state index contributed by atoms with van der Waals surface area (Å²) in [4.78, 5) is 8.58. The van der Waals surface area contributed by atoms with Crippen molar-refractivity contribution in [2.45, 2.75) is 26.5 Å². The Morgan fingerprint density at radius 2 is 2.08 bits per heavy atom. The van der Waals surface area contributed by atoms with Gasteiger partial charge in [-0.25, -0.2) is 19.3 Å². The maximum Gasteiger partial charge on any atom is 0.172 e. The molecule has 0 bridgehead atoms. The lowest BCUT2D eigenvalue weighted by atomic mass is 10.3. The van der Waals surface area contributed by atoms with Crippen molar-refractivity contribution in [2.75, 3.05) is 13.7 Å². The van der Waals surface area contributed by atoms with Crippen LogP contribution in [0.2, 0.25) is 0 Å². The van der Waals surface area contributed by atoms with Crippen LogP contribution in [0.1, 0.15) is 31.6 Å². The van der Waals surface area contributed by atoms with Crippen LogP contribution in [0.25, 0.3) is 5.69 Å². The zero-order valence-electron chi connectivity index (χ0n) is 14.0. The third-order valence-electron chi connectivity index (χ3n) is 3.54. The van der Waals surface area contributed by atoms with E-state index in [4.69, 9.17) is 9.47 Å². The molecule has 3 aromatic rings. The largest absolute Gasteiger partial charge is 0.494 e. The summed E-state index contributed by atoms with van der Waals surface area (Å²) in [7, 11) is 1.64. The third kappa shape index (κ3) is 3.28. The average Bonchev–Trinajstić information content (AvgIpc) is 3.25. The van der Waals surface area contributed by atoms with Gasteiger partial charge < -0.3 is 9.47 Å². The molecule has 0 N–H and O–H groups in total. The molecular formula is C16H20N6O2. The first-order valence-electron chi connectivity index (χ1n) is 7.76. The molecule has 0 unspecified atom stereocenters. The lowest BCUT2D eigenvalue weighted by Crippen LogP contribution is -2.10. The first-order chi connectivity index (χ1) is 11.7. The lowest BCUT2D eigenvalue weighted by molar-refractivity contribution is 0.0684. The zero-order chi connectivity index (χ0) is 16.9. The molecule has 1 atom stereocenters. The number of para-hydroxylation sites is 2. The standard InChI is InChI=1S/C16H20N6O2/c1-4-24-12(2)16-19-15(9-21-11-17-10-18-21)20-22(16)13-7-5-6-8-14(13)23-3/h5-8,10-12H,4,9H2,1-3H3/t12-/m0/s1. The van der Waals surface area contributed by atoms with Crippen molar-refractivity contribution >= 4 is 0 Å². The Labute approximate surface area is 140 Å². The van der Waals surface area contributed by atoms with E-state index in [2.05, 4.69) is 20.2 Å². The summed E-state index contributed by atoms with van der Waals surface area (Å²) in [6.07, 6.45) is 2.92. The Morgan fingerprint density at radius 1 is 1.25 bits per heavy atom. The van der Waals surface area contributed by atoms with E-state index in [9.17, 15) is 0 Å². The number of hydrogen-bond donors (Lipinski definition) is 0. The number of nitrogens with zero attached hydrogens (tertiary/aromatic N) is 6. The van der Waals surface area contributed by atoms with Gasteiger partial charge in [-0.2, -0.15) is 5.10 Å². The predicted molar refractivity (Wildman–Crippen MR) is 87.1 cm³/mol. The van der Waals surface area contributed by atoms with Crippen LogP contribution < -0.4 is 4.74 Å². The van der Waals surface area contributed by atoms with Gasteiger partial charge in [-0.1, -0.05) is 12.1 Å². The van der Waals surface area contributed by atoms with E-state index >= 15 is 0 Å². The highest BCUT2D eigenvalue weighted by atomic mass is 16.5. The fourth-order valence-electron chi connectivity index (χ4n) is 2.46. The van der Waals surface area contributed by atoms with E-state index in [0.29, 0.717) is 19.0 Å². The Balaban J connectivity index is 2.03. The number of benzene rings is 1. The number of ether oxygens (including phenoxy) is 2. The molecule has 24 heavy (non-hydrogen) atoms. The van der Waals surface area contributed by atoms with Crippen LogP contribution >= 0.6 is 0 Å². The van der Waals surface area contributed by atoms with Crippen LogP contribution in [-0.2, 0) is 11.3 Å². The van der Waals surface area contributed by atoms with Gasteiger partial charge in [0.05, 0.1) is 7.11 Å². The maximum atomic E-state index is 5.71. The fraction of sp³-hybridized carbons (Fsp3) is 0.375. The van der Waals surface area contributed by atoms with Crippen LogP contribution in [-0.4, -0.2) is 43.2 Å². The molecule has 126 valence electrons. The fourth-order valence-corrected chi connectivity index (χ4v) is 2.46. The van der Waals surface area contributed by atoms with Gasteiger partial charge in [0, 0.05) is 6.61 Å². The predicted octanol–water partition coefficient (Wildman–Crippen LogP) is 2.01. The van der Waals surface area contributed by atoms with Gasteiger partial charge >= 0.3 is 0 Å². The SMILES string of the molecule is CCO[C@@H](C)c1nc(Cn2cncn2)nn1-c1ccccc1OC. The minimum absolute atomic E-state index is 0.197. The number of methoxy groups -OCH3 is 1. The number of rotatable bonds is 7. The first kappa shape index (κ1) is 16.1. The highest BCUT2D eigenvalue weighted by molar-refractivity contribution is 5.46. The van der Waals surface area contributed by atoms with Crippen LogP contribution in [0.4, 0.5) is 0 Å². The second-order valence-electron chi connectivity index (χ2n) is 5.16. The van der Waals surface area contributed by atoms with Crippen LogP contribution in [0, 0.1) is 0 Å². The van der Waals surface area contributed by atoms with Gasteiger partial charge in [0.15, 0.2) is 11.6 Å². The van der Waals surface area contributed by atoms with E-state index in [-0.39, 0.29) is 6.10 Å². The molecule has 2 heterocycles. The highest BCUT2D eigenvalue weighted by Crippen LogP contribution is 2.26. The molecule has 0 radical (unpaired) electrons. The monoisotopic (exact) mass is 328 g/mol. The van der Waals surface area contributed by atoms with Crippen molar-refractivity contribution in [3.05, 3.63) is 48.6 Å². The Morgan fingerprint density at radius 3 is 2.79 bits per heavy atom. The molecule has 0 aliphatic heterocycles. The average molecular weight is 328 g/mol. The first-order valence-corrected chi connectivity index (χ1v) is 7.76.